The molecule has 0 aromatic carbocycles. The molecule has 1 saturated carbocycles. The van der Waals surface area contributed by atoms with Gasteiger partial charge < -0.3 is 9.64 Å². The fourth-order valence-corrected chi connectivity index (χ4v) is 3.34. The first-order valence-corrected chi connectivity index (χ1v) is 8.29. The highest BCUT2D eigenvalue weighted by Gasteiger charge is 2.29. The molecule has 0 spiro atoms. The number of morpholine rings is 1. The Kier molecular flexibility index (Phi) is 3.35. The normalized spacial score (nSPS) is 22.5. The zero-order valence-electron chi connectivity index (χ0n) is 12.0. The van der Waals surface area contributed by atoms with Crippen molar-refractivity contribution in [1.82, 2.24) is 15.0 Å². The van der Waals surface area contributed by atoms with E-state index in [0.717, 1.165) is 35.4 Å². The Morgan fingerprint density at radius 2 is 2.24 bits per heavy atom. The van der Waals surface area contributed by atoms with Crippen molar-refractivity contribution in [3.05, 3.63) is 34.2 Å². The van der Waals surface area contributed by atoms with Crippen LogP contribution in [0, 0.1) is 6.92 Å². The molecule has 1 aliphatic heterocycles. The number of anilines is 1. The van der Waals surface area contributed by atoms with Crippen molar-refractivity contribution in [3.8, 4) is 0 Å². The Morgan fingerprint density at radius 3 is 3.00 bits per heavy atom. The summed E-state index contributed by atoms with van der Waals surface area (Å²) in [6, 6.07) is 2.08. The highest BCUT2D eigenvalue weighted by molar-refractivity contribution is 7.09. The van der Waals surface area contributed by atoms with Crippen LogP contribution in [0.1, 0.15) is 41.4 Å². The predicted octanol–water partition coefficient (Wildman–Crippen LogP) is 2.70. The van der Waals surface area contributed by atoms with Gasteiger partial charge in [0.1, 0.15) is 22.8 Å². The zero-order valence-corrected chi connectivity index (χ0v) is 12.8. The van der Waals surface area contributed by atoms with Gasteiger partial charge >= 0.3 is 0 Å². The molecule has 0 bridgehead atoms. The van der Waals surface area contributed by atoms with Crippen molar-refractivity contribution in [2.24, 2.45) is 0 Å². The Morgan fingerprint density at radius 1 is 1.33 bits per heavy atom. The second-order valence-corrected chi connectivity index (χ2v) is 6.60. The third kappa shape index (κ3) is 2.78. The lowest BCUT2D eigenvalue weighted by Crippen LogP contribution is -2.39. The largest absolute Gasteiger partial charge is 0.367 e. The van der Waals surface area contributed by atoms with Crippen LogP contribution in [0.25, 0.3) is 0 Å². The molecule has 0 radical (unpaired) electrons. The van der Waals surface area contributed by atoms with E-state index in [1.165, 1.54) is 12.8 Å². The Bertz CT molecular complexity index is 627. The minimum absolute atomic E-state index is 0.0541. The molecule has 0 amide bonds. The molecule has 21 heavy (non-hydrogen) atoms. The van der Waals surface area contributed by atoms with Gasteiger partial charge in [0, 0.05) is 35.8 Å². The van der Waals surface area contributed by atoms with E-state index in [-0.39, 0.29) is 6.10 Å². The highest BCUT2D eigenvalue weighted by Crippen LogP contribution is 2.39. The second kappa shape index (κ2) is 5.35. The Labute approximate surface area is 128 Å². The van der Waals surface area contributed by atoms with Crippen molar-refractivity contribution in [2.45, 2.75) is 31.8 Å². The van der Waals surface area contributed by atoms with Crippen LogP contribution in [-0.2, 0) is 4.74 Å². The fourth-order valence-electron chi connectivity index (χ4n) is 2.66. The van der Waals surface area contributed by atoms with Crippen LogP contribution in [-0.4, -0.2) is 34.6 Å². The third-order valence-corrected chi connectivity index (χ3v) is 4.79. The number of rotatable bonds is 3. The van der Waals surface area contributed by atoms with Gasteiger partial charge in [-0.1, -0.05) is 0 Å². The maximum absolute atomic E-state index is 5.86. The van der Waals surface area contributed by atoms with E-state index in [4.69, 9.17) is 9.72 Å². The molecule has 2 aliphatic rings. The van der Waals surface area contributed by atoms with Crippen LogP contribution < -0.4 is 4.90 Å². The van der Waals surface area contributed by atoms with Crippen LogP contribution >= 0.6 is 11.3 Å². The fraction of sp³-hybridized carbons (Fsp3) is 0.533. The molecule has 0 unspecified atom stereocenters. The summed E-state index contributed by atoms with van der Waals surface area (Å²) in [4.78, 5) is 16.0. The molecule has 2 fully saturated rings. The summed E-state index contributed by atoms with van der Waals surface area (Å²) in [7, 11) is 0. The smallest absolute Gasteiger partial charge is 0.134 e. The summed E-state index contributed by atoms with van der Waals surface area (Å²) in [5.41, 5.74) is 1.05. The van der Waals surface area contributed by atoms with E-state index in [1.807, 2.05) is 11.6 Å². The summed E-state index contributed by atoms with van der Waals surface area (Å²) >= 11 is 1.65. The summed E-state index contributed by atoms with van der Waals surface area (Å²) in [6.07, 6.45) is 4.35. The molecule has 0 N–H and O–H groups in total. The van der Waals surface area contributed by atoms with Crippen LogP contribution in [0.15, 0.2) is 17.6 Å². The molecule has 1 aliphatic carbocycles. The molecule has 6 heteroatoms. The van der Waals surface area contributed by atoms with Crippen molar-refractivity contribution in [2.75, 3.05) is 24.6 Å². The summed E-state index contributed by atoms with van der Waals surface area (Å²) in [6.45, 7) is 4.46. The summed E-state index contributed by atoms with van der Waals surface area (Å²) in [5.74, 6) is 2.64. The first-order valence-electron chi connectivity index (χ1n) is 7.41. The van der Waals surface area contributed by atoms with Gasteiger partial charge in [-0.2, -0.15) is 0 Å². The molecular formula is C15H18N4OS. The first kappa shape index (κ1) is 13.2. The lowest BCUT2D eigenvalue weighted by molar-refractivity contribution is 0.0393. The number of thiazole rings is 1. The lowest BCUT2D eigenvalue weighted by atomic mass is 10.2. The van der Waals surface area contributed by atoms with Gasteiger partial charge in [0.25, 0.3) is 0 Å². The summed E-state index contributed by atoms with van der Waals surface area (Å²) < 4.78 is 5.86. The molecule has 1 atom stereocenters. The summed E-state index contributed by atoms with van der Waals surface area (Å²) in [5, 5.41) is 3.05. The van der Waals surface area contributed by atoms with Gasteiger partial charge in [-0.15, -0.1) is 11.3 Å². The van der Waals surface area contributed by atoms with Crippen molar-refractivity contribution >= 4 is 17.2 Å². The van der Waals surface area contributed by atoms with E-state index in [0.29, 0.717) is 12.5 Å². The van der Waals surface area contributed by atoms with E-state index in [1.54, 1.807) is 11.3 Å². The number of aromatic nitrogens is 3. The Hall–Kier alpha value is -1.53. The maximum atomic E-state index is 5.86. The number of nitrogens with zero attached hydrogens (tertiary/aromatic N) is 4. The highest BCUT2D eigenvalue weighted by atomic mass is 32.1. The van der Waals surface area contributed by atoms with E-state index < -0.39 is 0 Å². The van der Waals surface area contributed by atoms with Gasteiger partial charge in [-0.05, 0) is 19.8 Å². The van der Waals surface area contributed by atoms with Gasteiger partial charge in [0.05, 0.1) is 13.2 Å². The zero-order chi connectivity index (χ0) is 14.2. The van der Waals surface area contributed by atoms with Crippen molar-refractivity contribution in [3.63, 3.8) is 0 Å². The van der Waals surface area contributed by atoms with Gasteiger partial charge in [0.2, 0.25) is 0 Å². The Balaban J connectivity index is 1.57. The van der Waals surface area contributed by atoms with Gasteiger partial charge in [-0.25, -0.2) is 15.0 Å². The number of ether oxygens (including phenoxy) is 1. The minimum Gasteiger partial charge on any atom is -0.367 e. The van der Waals surface area contributed by atoms with Crippen LogP contribution in [0.4, 0.5) is 5.82 Å². The third-order valence-electron chi connectivity index (χ3n) is 3.92. The lowest BCUT2D eigenvalue weighted by Gasteiger charge is -2.33. The van der Waals surface area contributed by atoms with Crippen LogP contribution in [0.3, 0.4) is 0 Å². The van der Waals surface area contributed by atoms with Crippen molar-refractivity contribution in [1.29, 1.82) is 0 Å². The predicted molar refractivity (Wildman–Crippen MR) is 81.8 cm³/mol. The standard InChI is InChI=1S/C15H18N4OS/c1-10-8-13(18-14(17-10)11-2-3-11)19-5-6-20-12(9-19)15-16-4-7-21-15/h4,7-8,11-12H,2-3,5-6,9H2,1H3/t12-/m0/s1. The number of aryl methyl sites for hydroxylation is 1. The maximum Gasteiger partial charge on any atom is 0.134 e. The number of hydrogen-bond acceptors (Lipinski definition) is 6. The van der Waals surface area contributed by atoms with Gasteiger partial charge in [-0.3, -0.25) is 0 Å². The molecule has 1 saturated heterocycles. The van der Waals surface area contributed by atoms with E-state index in [2.05, 4.69) is 27.9 Å². The topological polar surface area (TPSA) is 51.1 Å². The molecule has 4 rings (SSSR count). The van der Waals surface area contributed by atoms with Crippen LogP contribution in [0.2, 0.25) is 0 Å². The first-order chi connectivity index (χ1) is 10.3. The molecule has 2 aromatic rings. The minimum atomic E-state index is 0.0541. The molecule has 5 nitrogen and oxygen atoms in total. The molecule has 110 valence electrons. The molecule has 3 heterocycles. The van der Waals surface area contributed by atoms with Gasteiger partial charge in [0.15, 0.2) is 0 Å². The van der Waals surface area contributed by atoms with Crippen LogP contribution in [0.5, 0.6) is 0 Å². The van der Waals surface area contributed by atoms with E-state index in [9.17, 15) is 0 Å². The average molecular weight is 302 g/mol. The van der Waals surface area contributed by atoms with Crippen molar-refractivity contribution < 1.29 is 4.74 Å². The molecular weight excluding hydrogens is 284 g/mol. The number of hydrogen-bond donors (Lipinski definition) is 0. The monoisotopic (exact) mass is 302 g/mol. The SMILES string of the molecule is Cc1cc(N2CCO[C@H](c3nccs3)C2)nc(C2CC2)n1. The molecule has 2 aromatic heterocycles. The van der Waals surface area contributed by atoms with E-state index >= 15 is 0 Å². The average Bonchev–Trinajstić information content (AvgIpc) is 3.22. The quantitative estimate of drug-likeness (QED) is 0.872. The second-order valence-electron chi connectivity index (χ2n) is 5.68.